The fourth-order valence-electron chi connectivity index (χ4n) is 9.92. The number of phosphoric acid groups is 1. The van der Waals surface area contributed by atoms with Crippen LogP contribution in [0.15, 0.2) is 72.9 Å². The molecule has 0 spiro atoms. The second-order valence-corrected chi connectivity index (χ2v) is 26.0. The van der Waals surface area contributed by atoms with Crippen molar-refractivity contribution in [2.75, 3.05) is 47.5 Å². The van der Waals surface area contributed by atoms with E-state index in [0.29, 0.717) is 17.4 Å². The van der Waals surface area contributed by atoms with Crippen molar-refractivity contribution >= 4 is 19.8 Å². The maximum Gasteiger partial charge on any atom is 0.472 e. The van der Waals surface area contributed by atoms with Crippen LogP contribution in [0, 0.1) is 0 Å². The number of rotatable bonds is 64. The SMILES string of the molecule is CC/C=C\C/C=C\C/C=C\C/C=C\CCCCCCCCCCC(=O)OC(COC(=O)CCCCCCCCCCCCCCCCCCCCCCCCCCC/C=C\C/C=C\CCCCCCC)COP(=O)(O)OCC[N+](C)(C)C. The zero-order chi connectivity index (χ0) is 59.8. The van der Waals surface area contributed by atoms with Crippen LogP contribution in [0.5, 0.6) is 0 Å². The lowest BCUT2D eigenvalue weighted by molar-refractivity contribution is -0.870. The largest absolute Gasteiger partial charge is 0.472 e. The number of nitrogens with zero attached hydrogens (tertiary/aromatic N) is 1. The Morgan fingerprint density at radius 2 is 0.695 bits per heavy atom. The number of hydrogen-bond donors (Lipinski definition) is 1. The first-order chi connectivity index (χ1) is 40.0. The highest BCUT2D eigenvalue weighted by Crippen LogP contribution is 2.43. The van der Waals surface area contributed by atoms with Crippen LogP contribution in [0.4, 0.5) is 0 Å². The number of ether oxygens (including phenoxy) is 2. The summed E-state index contributed by atoms with van der Waals surface area (Å²) in [5, 5.41) is 0. The maximum absolute atomic E-state index is 12.8. The smallest absolute Gasteiger partial charge is 0.462 e. The zero-order valence-corrected chi connectivity index (χ0v) is 55.4. The highest BCUT2D eigenvalue weighted by Gasteiger charge is 2.27. The minimum Gasteiger partial charge on any atom is -0.462 e. The predicted octanol–water partition coefficient (Wildman–Crippen LogP) is 22.4. The van der Waals surface area contributed by atoms with Gasteiger partial charge in [0.2, 0.25) is 0 Å². The van der Waals surface area contributed by atoms with Crippen LogP contribution in [-0.4, -0.2) is 74.9 Å². The van der Waals surface area contributed by atoms with Crippen molar-refractivity contribution < 1.29 is 42.1 Å². The van der Waals surface area contributed by atoms with Gasteiger partial charge in [-0.2, -0.15) is 0 Å². The summed E-state index contributed by atoms with van der Waals surface area (Å²) in [6.07, 6.45) is 84.5. The summed E-state index contributed by atoms with van der Waals surface area (Å²) in [6.45, 7) is 4.34. The standard InChI is InChI=1S/C72H132NO8P/c1-6-8-10-12-14-16-18-20-22-24-26-28-29-30-31-32-33-34-35-36-37-38-39-40-41-42-43-45-46-48-50-52-54-56-58-60-62-64-71(74)78-68-70(69-80-82(76,77)79-67-66-73(3,4)5)81-72(75)65-63-61-59-57-55-53-51-49-47-44-27-25-23-21-19-17-15-13-11-9-7-2/h9,11,15,17-18,20-21,23-24,26-27,44,70H,6-8,10,12-14,16,19,22,25,28-43,45-69H2,1-5H3/p+1/b11-9-,17-15-,20-18-,23-21-,26-24-,44-27-. The molecule has 0 aliphatic heterocycles. The molecule has 0 aromatic rings. The van der Waals surface area contributed by atoms with Crippen LogP contribution in [0.25, 0.3) is 0 Å². The van der Waals surface area contributed by atoms with E-state index in [1.165, 1.54) is 212 Å². The summed E-state index contributed by atoms with van der Waals surface area (Å²) in [5.41, 5.74) is 0. The van der Waals surface area contributed by atoms with E-state index in [1.54, 1.807) is 0 Å². The summed E-state index contributed by atoms with van der Waals surface area (Å²) in [6, 6.07) is 0. The highest BCUT2D eigenvalue weighted by atomic mass is 31.2. The minimum atomic E-state index is -4.39. The molecular weight excluding hydrogens is 1040 g/mol. The van der Waals surface area contributed by atoms with E-state index in [-0.39, 0.29) is 32.0 Å². The molecule has 82 heavy (non-hydrogen) atoms. The van der Waals surface area contributed by atoms with Crippen LogP contribution in [-0.2, 0) is 32.7 Å². The third-order valence-electron chi connectivity index (χ3n) is 15.2. The topological polar surface area (TPSA) is 108 Å². The van der Waals surface area contributed by atoms with Gasteiger partial charge in [-0.3, -0.25) is 18.6 Å². The van der Waals surface area contributed by atoms with Gasteiger partial charge in [0.15, 0.2) is 6.10 Å². The molecule has 2 atom stereocenters. The number of quaternary nitrogens is 1. The van der Waals surface area contributed by atoms with Gasteiger partial charge in [-0.15, -0.1) is 0 Å². The fraction of sp³-hybridized carbons (Fsp3) is 0.806. The van der Waals surface area contributed by atoms with Gasteiger partial charge in [-0.1, -0.05) is 299 Å². The van der Waals surface area contributed by atoms with Crippen molar-refractivity contribution in [1.82, 2.24) is 0 Å². The van der Waals surface area contributed by atoms with Crippen LogP contribution >= 0.6 is 7.82 Å². The first-order valence-electron chi connectivity index (χ1n) is 34.7. The number of carbonyl (C=O) groups excluding carboxylic acids is 2. The molecule has 0 saturated heterocycles. The molecule has 9 nitrogen and oxygen atoms in total. The number of hydrogen-bond acceptors (Lipinski definition) is 7. The molecule has 0 amide bonds. The first kappa shape index (κ1) is 79.5. The molecule has 0 aliphatic rings. The molecule has 0 rings (SSSR count). The van der Waals surface area contributed by atoms with E-state index in [1.807, 2.05) is 21.1 Å². The molecule has 0 radical (unpaired) electrons. The second kappa shape index (κ2) is 63.0. The van der Waals surface area contributed by atoms with E-state index >= 15 is 0 Å². The van der Waals surface area contributed by atoms with Crippen molar-refractivity contribution in [3.63, 3.8) is 0 Å². The lowest BCUT2D eigenvalue weighted by atomic mass is 10.0. The van der Waals surface area contributed by atoms with E-state index < -0.39 is 26.5 Å². The van der Waals surface area contributed by atoms with Crippen LogP contribution in [0.3, 0.4) is 0 Å². The Kier molecular flexibility index (Phi) is 61.0. The number of phosphoric ester groups is 1. The summed E-state index contributed by atoms with van der Waals surface area (Å²) >= 11 is 0. The van der Waals surface area contributed by atoms with E-state index in [4.69, 9.17) is 18.5 Å². The summed E-state index contributed by atoms with van der Waals surface area (Å²) in [7, 11) is 1.48. The van der Waals surface area contributed by atoms with Gasteiger partial charge in [0, 0.05) is 12.8 Å². The third-order valence-corrected chi connectivity index (χ3v) is 16.2. The molecule has 0 aromatic carbocycles. The monoisotopic (exact) mass is 1170 g/mol. The zero-order valence-electron chi connectivity index (χ0n) is 54.5. The predicted molar refractivity (Wildman–Crippen MR) is 353 cm³/mol. The van der Waals surface area contributed by atoms with Gasteiger partial charge in [0.25, 0.3) is 0 Å². The molecule has 0 saturated carbocycles. The van der Waals surface area contributed by atoms with Gasteiger partial charge in [0.05, 0.1) is 27.7 Å². The Morgan fingerprint density at radius 3 is 1.04 bits per heavy atom. The van der Waals surface area contributed by atoms with Crippen LogP contribution in [0.1, 0.15) is 322 Å². The number of esters is 2. The molecule has 0 fully saturated rings. The number of unbranched alkanes of at least 4 members (excludes halogenated alkanes) is 38. The Bertz CT molecular complexity index is 1610. The lowest BCUT2D eigenvalue weighted by Gasteiger charge is -2.24. The van der Waals surface area contributed by atoms with Gasteiger partial charge in [-0.05, 0) is 83.5 Å². The van der Waals surface area contributed by atoms with Gasteiger partial charge in [-0.25, -0.2) is 4.57 Å². The normalized spacial score (nSPS) is 13.6. The van der Waals surface area contributed by atoms with Gasteiger partial charge in [0.1, 0.15) is 19.8 Å². The Morgan fingerprint density at radius 1 is 0.390 bits per heavy atom. The summed E-state index contributed by atoms with van der Waals surface area (Å²) < 4.78 is 34.7. The third kappa shape index (κ3) is 66.6. The second-order valence-electron chi connectivity index (χ2n) is 24.5. The number of likely N-dealkylation sites (N-methyl/N-ethyl adjacent to an activating group) is 1. The molecule has 0 aromatic heterocycles. The van der Waals surface area contributed by atoms with Crippen LogP contribution < -0.4 is 0 Å². The van der Waals surface area contributed by atoms with Crippen molar-refractivity contribution in [3.8, 4) is 0 Å². The van der Waals surface area contributed by atoms with E-state index in [2.05, 4.69) is 86.8 Å². The minimum absolute atomic E-state index is 0.0290. The van der Waals surface area contributed by atoms with E-state index in [9.17, 15) is 19.0 Å². The molecule has 478 valence electrons. The molecule has 0 heterocycles. The molecule has 0 bridgehead atoms. The van der Waals surface area contributed by atoms with Crippen LogP contribution in [0.2, 0.25) is 0 Å². The van der Waals surface area contributed by atoms with Gasteiger partial charge < -0.3 is 18.9 Å². The highest BCUT2D eigenvalue weighted by molar-refractivity contribution is 7.47. The lowest BCUT2D eigenvalue weighted by Crippen LogP contribution is -2.37. The first-order valence-corrected chi connectivity index (χ1v) is 36.2. The summed E-state index contributed by atoms with van der Waals surface area (Å²) in [4.78, 5) is 35.8. The fourth-order valence-corrected chi connectivity index (χ4v) is 10.7. The Labute approximate surface area is 508 Å². The van der Waals surface area contributed by atoms with Crippen molar-refractivity contribution in [1.29, 1.82) is 0 Å². The van der Waals surface area contributed by atoms with Crippen molar-refractivity contribution in [2.24, 2.45) is 0 Å². The molecule has 0 aliphatic carbocycles. The number of carbonyl (C=O) groups is 2. The quantitative estimate of drug-likeness (QED) is 0.0211. The van der Waals surface area contributed by atoms with Crippen molar-refractivity contribution in [2.45, 2.75) is 328 Å². The number of allylic oxidation sites excluding steroid dienone is 12. The van der Waals surface area contributed by atoms with Gasteiger partial charge >= 0.3 is 19.8 Å². The van der Waals surface area contributed by atoms with E-state index in [0.717, 1.165) is 77.0 Å². The average molecular weight is 1170 g/mol. The maximum atomic E-state index is 12.8. The average Bonchev–Trinajstić information content (AvgIpc) is 3.46. The summed E-state index contributed by atoms with van der Waals surface area (Å²) in [5.74, 6) is -0.796. The molecule has 1 N–H and O–H groups in total. The molecule has 2 unspecified atom stereocenters. The Balaban J connectivity index is 3.95. The molecular formula is C72H133NO8P+. The van der Waals surface area contributed by atoms with Crippen molar-refractivity contribution in [3.05, 3.63) is 72.9 Å². The molecule has 10 heteroatoms. The Hall–Kier alpha value is -2.55.